The average molecular weight is 607 g/mol. The van der Waals surface area contributed by atoms with Crippen LogP contribution in [-0.2, 0) is 13.0 Å². The van der Waals surface area contributed by atoms with Gasteiger partial charge in [-0.25, -0.2) is 8.78 Å². The van der Waals surface area contributed by atoms with Crippen LogP contribution >= 0.6 is 0 Å². The Labute approximate surface area is 259 Å². The van der Waals surface area contributed by atoms with Crippen molar-refractivity contribution in [2.24, 2.45) is 0 Å². The molecule has 2 amide bonds. The molecule has 3 atom stereocenters. The molecule has 1 aliphatic heterocycles. The number of aliphatic hydroxyl groups is 1. The summed E-state index contributed by atoms with van der Waals surface area (Å²) in [6, 6.07) is 17.1. The van der Waals surface area contributed by atoms with Gasteiger partial charge in [-0.1, -0.05) is 44.2 Å². The zero-order valence-electron chi connectivity index (χ0n) is 25.9. The van der Waals surface area contributed by atoms with E-state index in [0.29, 0.717) is 43.9 Å². The van der Waals surface area contributed by atoms with Gasteiger partial charge < -0.3 is 20.6 Å². The maximum absolute atomic E-state index is 14.1. The van der Waals surface area contributed by atoms with E-state index in [1.165, 1.54) is 12.1 Å². The van der Waals surface area contributed by atoms with Crippen molar-refractivity contribution in [3.05, 3.63) is 106 Å². The van der Waals surface area contributed by atoms with E-state index in [-0.39, 0.29) is 17.9 Å². The van der Waals surface area contributed by atoms with Crippen molar-refractivity contribution in [3.63, 3.8) is 0 Å². The molecule has 1 saturated heterocycles. The van der Waals surface area contributed by atoms with E-state index >= 15 is 0 Å². The summed E-state index contributed by atoms with van der Waals surface area (Å²) in [5.41, 5.74) is 2.93. The van der Waals surface area contributed by atoms with Crippen LogP contribution < -0.4 is 10.6 Å². The molecule has 0 unspecified atom stereocenters. The van der Waals surface area contributed by atoms with Crippen LogP contribution in [0.25, 0.3) is 0 Å². The largest absolute Gasteiger partial charge is 0.389 e. The minimum absolute atomic E-state index is 0.0107. The fraction of sp³-hybridized carbons (Fsp3) is 0.429. The molecule has 9 heteroatoms. The number of hydrogen-bond acceptors (Lipinski definition) is 5. The van der Waals surface area contributed by atoms with Crippen molar-refractivity contribution in [1.82, 2.24) is 20.4 Å². The SMILES string of the molecule is CCCN(CCC)C(=O)c1cc(C)cc(C(=O)N[C@@H](Cc2cc(F)cc(F)c2)[C@H](O)[C@H]2CN(Cc3ccccc3)CCN2)c1. The summed E-state index contributed by atoms with van der Waals surface area (Å²) >= 11 is 0. The quantitative estimate of drug-likeness (QED) is 0.263. The fourth-order valence-corrected chi connectivity index (χ4v) is 5.90. The van der Waals surface area contributed by atoms with Crippen LogP contribution in [0, 0.1) is 18.6 Å². The van der Waals surface area contributed by atoms with Gasteiger partial charge in [0.25, 0.3) is 11.8 Å². The van der Waals surface area contributed by atoms with Crippen LogP contribution in [0.4, 0.5) is 8.78 Å². The molecule has 7 nitrogen and oxygen atoms in total. The summed E-state index contributed by atoms with van der Waals surface area (Å²) < 4.78 is 28.2. The second-order valence-corrected chi connectivity index (χ2v) is 11.7. The Morgan fingerprint density at radius 2 is 1.64 bits per heavy atom. The van der Waals surface area contributed by atoms with E-state index < -0.39 is 35.7 Å². The Bertz CT molecular complexity index is 1380. The molecule has 0 bridgehead atoms. The molecule has 236 valence electrons. The predicted molar refractivity (Wildman–Crippen MR) is 168 cm³/mol. The first-order valence-corrected chi connectivity index (χ1v) is 15.5. The molecule has 3 aromatic rings. The lowest BCUT2D eigenvalue weighted by atomic mass is 9.94. The molecule has 1 aliphatic rings. The van der Waals surface area contributed by atoms with Crippen molar-refractivity contribution in [2.75, 3.05) is 32.7 Å². The second-order valence-electron chi connectivity index (χ2n) is 11.7. The van der Waals surface area contributed by atoms with Gasteiger partial charge >= 0.3 is 0 Å². The lowest BCUT2D eigenvalue weighted by molar-refractivity contribution is 0.0464. The number of hydrogen-bond donors (Lipinski definition) is 3. The normalized spacial score (nSPS) is 16.7. The first-order valence-electron chi connectivity index (χ1n) is 15.5. The Hall–Kier alpha value is -3.66. The number of aliphatic hydroxyl groups excluding tert-OH is 1. The third-order valence-corrected chi connectivity index (χ3v) is 7.92. The second kappa shape index (κ2) is 15.9. The number of carbonyl (C=O) groups is 2. The highest BCUT2D eigenvalue weighted by atomic mass is 19.1. The summed E-state index contributed by atoms with van der Waals surface area (Å²) in [5.74, 6) is -2.06. The highest BCUT2D eigenvalue weighted by Crippen LogP contribution is 2.18. The van der Waals surface area contributed by atoms with E-state index in [2.05, 4.69) is 27.7 Å². The number of nitrogens with zero attached hydrogens (tertiary/aromatic N) is 2. The van der Waals surface area contributed by atoms with Gasteiger partial charge in [0.15, 0.2) is 0 Å². The minimum atomic E-state index is -1.07. The van der Waals surface area contributed by atoms with Crippen LogP contribution in [-0.4, -0.2) is 77.6 Å². The summed E-state index contributed by atoms with van der Waals surface area (Å²) in [5, 5.41) is 18.0. The molecule has 0 radical (unpaired) electrons. The highest BCUT2D eigenvalue weighted by Gasteiger charge is 2.33. The minimum Gasteiger partial charge on any atom is -0.389 e. The molecule has 4 rings (SSSR count). The molecule has 0 aliphatic carbocycles. The number of piperazine rings is 1. The number of halogens is 2. The molecule has 44 heavy (non-hydrogen) atoms. The number of amides is 2. The number of nitrogens with one attached hydrogen (secondary N) is 2. The molecule has 3 N–H and O–H groups in total. The van der Waals surface area contributed by atoms with Crippen molar-refractivity contribution in [1.29, 1.82) is 0 Å². The maximum Gasteiger partial charge on any atom is 0.253 e. The standard InChI is InChI=1S/C35H44F2N4O3/c1-4-12-41(13-5-2)35(44)28-16-24(3)15-27(20-28)34(43)39-31(19-26-17-29(36)21-30(37)18-26)33(42)32-23-40(14-11-38-32)22-25-9-7-6-8-10-25/h6-10,15-18,20-21,31-33,38,42H,4-5,11-14,19,22-23H2,1-3H3,(H,39,43)/t31-,32+,33-/m0/s1. The third-order valence-electron chi connectivity index (χ3n) is 7.92. The Kier molecular flexibility index (Phi) is 12.0. The summed E-state index contributed by atoms with van der Waals surface area (Å²) in [7, 11) is 0. The van der Waals surface area contributed by atoms with Gasteiger partial charge in [0.2, 0.25) is 0 Å². The Balaban J connectivity index is 1.57. The summed E-state index contributed by atoms with van der Waals surface area (Å²) in [6.45, 7) is 9.76. The van der Waals surface area contributed by atoms with Crippen molar-refractivity contribution in [3.8, 4) is 0 Å². The molecule has 3 aromatic carbocycles. The monoisotopic (exact) mass is 606 g/mol. The maximum atomic E-state index is 14.1. The van der Waals surface area contributed by atoms with Gasteiger partial charge in [0, 0.05) is 62.5 Å². The first kappa shape index (κ1) is 33.2. The molecular formula is C35H44F2N4O3. The van der Waals surface area contributed by atoms with E-state index in [9.17, 15) is 23.5 Å². The van der Waals surface area contributed by atoms with Gasteiger partial charge in [-0.15, -0.1) is 0 Å². The topological polar surface area (TPSA) is 84.9 Å². The lowest BCUT2D eigenvalue weighted by Gasteiger charge is -2.39. The zero-order chi connectivity index (χ0) is 31.6. The van der Waals surface area contributed by atoms with E-state index in [1.807, 2.05) is 39.0 Å². The first-order chi connectivity index (χ1) is 21.2. The van der Waals surface area contributed by atoms with E-state index in [4.69, 9.17) is 0 Å². The molecule has 1 heterocycles. The molecule has 0 spiro atoms. The summed E-state index contributed by atoms with van der Waals surface area (Å²) in [6.07, 6.45) is 0.586. The van der Waals surface area contributed by atoms with Crippen LogP contribution in [0.15, 0.2) is 66.7 Å². The summed E-state index contributed by atoms with van der Waals surface area (Å²) in [4.78, 5) is 31.0. The number of carbonyl (C=O) groups excluding carboxylic acids is 2. The lowest BCUT2D eigenvalue weighted by Crippen LogP contribution is -2.61. The zero-order valence-corrected chi connectivity index (χ0v) is 25.9. The van der Waals surface area contributed by atoms with Crippen molar-refractivity contribution >= 4 is 11.8 Å². The van der Waals surface area contributed by atoms with E-state index in [0.717, 1.165) is 36.6 Å². The van der Waals surface area contributed by atoms with Gasteiger partial charge in [0.05, 0.1) is 12.1 Å². The van der Waals surface area contributed by atoms with Gasteiger partial charge in [-0.2, -0.15) is 0 Å². The molecule has 0 saturated carbocycles. The van der Waals surface area contributed by atoms with Crippen LogP contribution in [0.5, 0.6) is 0 Å². The molecule has 0 aromatic heterocycles. The molecule has 1 fully saturated rings. The van der Waals surface area contributed by atoms with Gasteiger partial charge in [-0.3, -0.25) is 14.5 Å². The predicted octanol–water partition coefficient (Wildman–Crippen LogP) is 4.71. The highest BCUT2D eigenvalue weighted by molar-refractivity contribution is 6.00. The van der Waals surface area contributed by atoms with Crippen LogP contribution in [0.1, 0.15) is 64.1 Å². The number of benzene rings is 3. The Morgan fingerprint density at radius 3 is 2.30 bits per heavy atom. The van der Waals surface area contributed by atoms with E-state index in [1.54, 1.807) is 23.1 Å². The van der Waals surface area contributed by atoms with Crippen LogP contribution in [0.3, 0.4) is 0 Å². The third kappa shape index (κ3) is 9.17. The Morgan fingerprint density at radius 1 is 0.977 bits per heavy atom. The van der Waals surface area contributed by atoms with Gasteiger partial charge in [-0.05, 0) is 73.2 Å². The number of rotatable bonds is 13. The smallest absolute Gasteiger partial charge is 0.253 e. The van der Waals surface area contributed by atoms with Gasteiger partial charge in [0.1, 0.15) is 11.6 Å². The van der Waals surface area contributed by atoms with Crippen LogP contribution in [0.2, 0.25) is 0 Å². The average Bonchev–Trinajstić information content (AvgIpc) is 2.99. The number of aryl methyl sites for hydroxylation is 1. The molecular weight excluding hydrogens is 562 g/mol. The van der Waals surface area contributed by atoms with Crippen molar-refractivity contribution < 1.29 is 23.5 Å². The fourth-order valence-electron chi connectivity index (χ4n) is 5.90. The van der Waals surface area contributed by atoms with Crippen molar-refractivity contribution in [2.45, 2.75) is 64.8 Å².